The molecular weight excluding hydrogens is 469 g/mol. The van der Waals surface area contributed by atoms with E-state index in [0.29, 0.717) is 32.0 Å². The topological polar surface area (TPSA) is 85.8 Å². The first-order valence-corrected chi connectivity index (χ1v) is 9.49. The van der Waals surface area contributed by atoms with Gasteiger partial charge in [0, 0.05) is 45.3 Å². The van der Waals surface area contributed by atoms with Crippen molar-refractivity contribution in [3.63, 3.8) is 0 Å². The number of carbonyl (C=O) groups is 2. The number of anilines is 1. The summed E-state index contributed by atoms with van der Waals surface area (Å²) in [5.41, 5.74) is 1.51. The van der Waals surface area contributed by atoms with Gasteiger partial charge in [0.25, 0.3) is 0 Å². The standard InChI is InChI=1S/C20H31N5O2.HI/c1-5-22-18(27)20(2,3)14-24-19(21-4)23-13-15-8-10-16(11-9-15)25-12-6-7-17(25)26;/h8-11H,5-7,12-14H2,1-4H3,(H,22,27)(H2,21,23,24);1H. The summed E-state index contributed by atoms with van der Waals surface area (Å²) in [4.78, 5) is 29.9. The monoisotopic (exact) mass is 501 g/mol. The molecule has 2 amide bonds. The smallest absolute Gasteiger partial charge is 0.227 e. The fourth-order valence-corrected chi connectivity index (χ4v) is 2.91. The van der Waals surface area contributed by atoms with Crippen LogP contribution in [0.5, 0.6) is 0 Å². The van der Waals surface area contributed by atoms with Gasteiger partial charge >= 0.3 is 0 Å². The van der Waals surface area contributed by atoms with E-state index >= 15 is 0 Å². The molecule has 0 atom stereocenters. The van der Waals surface area contributed by atoms with E-state index in [9.17, 15) is 9.59 Å². The zero-order valence-electron chi connectivity index (χ0n) is 17.2. The van der Waals surface area contributed by atoms with Crippen LogP contribution >= 0.6 is 24.0 Å². The van der Waals surface area contributed by atoms with Crippen LogP contribution in [-0.2, 0) is 16.1 Å². The molecule has 0 aliphatic carbocycles. The fraction of sp³-hybridized carbons (Fsp3) is 0.550. The van der Waals surface area contributed by atoms with E-state index in [1.807, 2.05) is 49.9 Å². The Labute approximate surface area is 184 Å². The van der Waals surface area contributed by atoms with Crippen LogP contribution in [-0.4, -0.2) is 44.5 Å². The molecule has 2 rings (SSSR count). The molecule has 1 aromatic carbocycles. The summed E-state index contributed by atoms with van der Waals surface area (Å²) in [7, 11) is 1.70. The molecule has 156 valence electrons. The van der Waals surface area contributed by atoms with Crippen LogP contribution < -0.4 is 20.9 Å². The van der Waals surface area contributed by atoms with E-state index in [-0.39, 0.29) is 35.8 Å². The van der Waals surface area contributed by atoms with E-state index in [2.05, 4.69) is 20.9 Å². The number of amides is 2. The zero-order valence-corrected chi connectivity index (χ0v) is 19.5. The van der Waals surface area contributed by atoms with Crippen molar-refractivity contribution in [1.82, 2.24) is 16.0 Å². The SMILES string of the molecule is CCNC(=O)C(C)(C)CNC(=NC)NCc1ccc(N2CCCC2=O)cc1.I. The van der Waals surface area contributed by atoms with Gasteiger partial charge in [-0.2, -0.15) is 0 Å². The highest BCUT2D eigenvalue weighted by Crippen LogP contribution is 2.21. The molecule has 8 heteroatoms. The summed E-state index contributed by atoms with van der Waals surface area (Å²) in [5.74, 6) is 0.853. The van der Waals surface area contributed by atoms with Gasteiger partial charge in [-0.05, 0) is 44.9 Å². The number of guanidine groups is 1. The summed E-state index contributed by atoms with van der Waals surface area (Å²) in [6.45, 7) is 8.22. The van der Waals surface area contributed by atoms with E-state index in [1.165, 1.54) is 0 Å². The quantitative estimate of drug-likeness (QED) is 0.304. The van der Waals surface area contributed by atoms with Gasteiger partial charge < -0.3 is 20.9 Å². The minimum absolute atomic E-state index is 0. The molecule has 0 saturated carbocycles. The van der Waals surface area contributed by atoms with E-state index in [4.69, 9.17) is 0 Å². The van der Waals surface area contributed by atoms with Gasteiger partial charge in [0.05, 0.1) is 5.41 Å². The van der Waals surface area contributed by atoms with E-state index in [1.54, 1.807) is 7.05 Å². The van der Waals surface area contributed by atoms with Crippen LogP contribution in [0, 0.1) is 5.41 Å². The second-order valence-corrected chi connectivity index (χ2v) is 7.34. The maximum Gasteiger partial charge on any atom is 0.227 e. The van der Waals surface area contributed by atoms with Gasteiger partial charge in [0.1, 0.15) is 0 Å². The van der Waals surface area contributed by atoms with Gasteiger partial charge in [-0.15, -0.1) is 24.0 Å². The first-order chi connectivity index (χ1) is 12.9. The highest BCUT2D eigenvalue weighted by atomic mass is 127. The van der Waals surface area contributed by atoms with Crippen LogP contribution in [0.3, 0.4) is 0 Å². The van der Waals surface area contributed by atoms with Crippen molar-refractivity contribution in [3.05, 3.63) is 29.8 Å². The van der Waals surface area contributed by atoms with Crippen LogP contribution in [0.1, 0.15) is 39.2 Å². The Hall–Kier alpha value is -1.84. The summed E-state index contributed by atoms with van der Waals surface area (Å²) in [6.07, 6.45) is 1.56. The summed E-state index contributed by atoms with van der Waals surface area (Å²) in [5, 5.41) is 9.31. The fourth-order valence-electron chi connectivity index (χ4n) is 2.91. The second kappa shape index (κ2) is 11.2. The molecule has 0 spiro atoms. The van der Waals surface area contributed by atoms with Crippen LogP contribution in [0.15, 0.2) is 29.3 Å². The van der Waals surface area contributed by atoms with Gasteiger partial charge in [-0.25, -0.2) is 0 Å². The molecule has 0 bridgehead atoms. The zero-order chi connectivity index (χ0) is 19.9. The molecule has 1 heterocycles. The summed E-state index contributed by atoms with van der Waals surface area (Å²) >= 11 is 0. The molecule has 0 radical (unpaired) electrons. The predicted octanol–water partition coefficient (Wildman–Crippen LogP) is 2.26. The number of nitrogens with one attached hydrogen (secondary N) is 3. The van der Waals surface area contributed by atoms with Gasteiger partial charge in [0.15, 0.2) is 5.96 Å². The second-order valence-electron chi connectivity index (χ2n) is 7.34. The Balaban J connectivity index is 0.00000392. The number of aliphatic imine (C=N–C) groups is 1. The largest absolute Gasteiger partial charge is 0.356 e. The number of nitrogens with zero attached hydrogens (tertiary/aromatic N) is 2. The molecule has 1 saturated heterocycles. The Morgan fingerprint density at radius 3 is 2.39 bits per heavy atom. The van der Waals surface area contributed by atoms with Crippen molar-refractivity contribution < 1.29 is 9.59 Å². The first kappa shape index (κ1) is 24.2. The number of halogens is 1. The predicted molar refractivity (Wildman–Crippen MR) is 124 cm³/mol. The highest BCUT2D eigenvalue weighted by Gasteiger charge is 2.27. The molecule has 0 aromatic heterocycles. The van der Waals surface area contributed by atoms with E-state index < -0.39 is 5.41 Å². The summed E-state index contributed by atoms with van der Waals surface area (Å²) in [6, 6.07) is 7.99. The number of carbonyl (C=O) groups excluding carboxylic acids is 2. The molecular formula is C20H32IN5O2. The molecule has 1 fully saturated rings. The molecule has 0 unspecified atom stereocenters. The third kappa shape index (κ3) is 6.65. The lowest BCUT2D eigenvalue weighted by atomic mass is 9.92. The molecule has 3 N–H and O–H groups in total. The third-order valence-electron chi connectivity index (χ3n) is 4.65. The highest BCUT2D eigenvalue weighted by molar-refractivity contribution is 14.0. The normalized spacial score (nSPS) is 14.5. The number of hydrogen-bond donors (Lipinski definition) is 3. The number of rotatable bonds is 7. The van der Waals surface area contributed by atoms with Crippen LogP contribution in [0.2, 0.25) is 0 Å². The van der Waals surface area contributed by atoms with Crippen molar-refractivity contribution in [2.45, 2.75) is 40.2 Å². The van der Waals surface area contributed by atoms with E-state index in [0.717, 1.165) is 24.2 Å². The molecule has 28 heavy (non-hydrogen) atoms. The summed E-state index contributed by atoms with van der Waals surface area (Å²) < 4.78 is 0. The molecule has 7 nitrogen and oxygen atoms in total. The Morgan fingerprint density at radius 1 is 1.18 bits per heavy atom. The van der Waals surface area contributed by atoms with Crippen molar-refractivity contribution in [1.29, 1.82) is 0 Å². The minimum Gasteiger partial charge on any atom is -0.356 e. The third-order valence-corrected chi connectivity index (χ3v) is 4.65. The minimum atomic E-state index is -0.530. The lowest BCUT2D eigenvalue weighted by molar-refractivity contribution is -0.128. The Kier molecular flexibility index (Phi) is 9.71. The maximum absolute atomic E-state index is 12.1. The maximum atomic E-state index is 12.1. The lowest BCUT2D eigenvalue weighted by Crippen LogP contribution is -2.47. The van der Waals surface area contributed by atoms with Crippen molar-refractivity contribution >= 4 is 47.4 Å². The van der Waals surface area contributed by atoms with Crippen molar-refractivity contribution in [2.75, 3.05) is 31.6 Å². The van der Waals surface area contributed by atoms with Gasteiger partial charge in [0.2, 0.25) is 11.8 Å². The lowest BCUT2D eigenvalue weighted by Gasteiger charge is -2.25. The Morgan fingerprint density at radius 2 is 1.86 bits per heavy atom. The van der Waals surface area contributed by atoms with Gasteiger partial charge in [-0.1, -0.05) is 12.1 Å². The van der Waals surface area contributed by atoms with Gasteiger partial charge in [-0.3, -0.25) is 14.6 Å². The number of hydrogen-bond acceptors (Lipinski definition) is 3. The number of benzene rings is 1. The Bertz CT molecular complexity index is 688. The first-order valence-electron chi connectivity index (χ1n) is 9.49. The van der Waals surface area contributed by atoms with Crippen molar-refractivity contribution in [3.8, 4) is 0 Å². The molecule has 1 aromatic rings. The molecule has 1 aliphatic rings. The average molecular weight is 501 g/mol. The van der Waals surface area contributed by atoms with Crippen LogP contribution in [0.4, 0.5) is 5.69 Å². The van der Waals surface area contributed by atoms with Crippen LogP contribution in [0.25, 0.3) is 0 Å². The molecule has 1 aliphatic heterocycles. The van der Waals surface area contributed by atoms with Crippen molar-refractivity contribution in [2.24, 2.45) is 10.4 Å². The average Bonchev–Trinajstić information content (AvgIpc) is 3.08.